The van der Waals surface area contributed by atoms with Crippen molar-refractivity contribution in [2.45, 2.75) is 0 Å². The molecule has 0 atom stereocenters. The molecule has 0 saturated heterocycles. The Kier molecular flexibility index (Phi) is 4.08. The van der Waals surface area contributed by atoms with Gasteiger partial charge in [0.2, 0.25) is 5.90 Å². The first kappa shape index (κ1) is 12.0. The van der Waals surface area contributed by atoms with E-state index in [0.717, 1.165) is 0 Å². The van der Waals surface area contributed by atoms with Gasteiger partial charge in [0.05, 0.1) is 0 Å². The van der Waals surface area contributed by atoms with Crippen molar-refractivity contribution in [3.8, 4) is 0 Å². The summed E-state index contributed by atoms with van der Waals surface area (Å²) in [5.74, 6) is -0.517. The molecule has 0 unspecified atom stereocenters. The van der Waals surface area contributed by atoms with Crippen LogP contribution in [0.1, 0.15) is 5.56 Å². The molecule has 0 amide bonds. The molecule has 4 nitrogen and oxygen atoms in total. The predicted octanol–water partition coefficient (Wildman–Crippen LogP) is -2.80. The fourth-order valence-electron chi connectivity index (χ4n) is 1.10. The summed E-state index contributed by atoms with van der Waals surface area (Å²) in [7, 11) is 0. The van der Waals surface area contributed by atoms with Crippen molar-refractivity contribution in [2.24, 2.45) is 4.99 Å². The van der Waals surface area contributed by atoms with Gasteiger partial charge in [0.15, 0.2) is 0 Å². The van der Waals surface area contributed by atoms with E-state index in [-0.39, 0.29) is 41.2 Å². The van der Waals surface area contributed by atoms with E-state index in [0.29, 0.717) is 11.8 Å². The molecule has 0 saturated carbocycles. The van der Waals surface area contributed by atoms with E-state index in [4.69, 9.17) is 4.74 Å². The average Bonchev–Trinajstić information content (AvgIpc) is 2.61. The van der Waals surface area contributed by atoms with Crippen molar-refractivity contribution in [2.75, 3.05) is 0 Å². The van der Waals surface area contributed by atoms with E-state index in [1.54, 1.807) is 24.3 Å². The Bertz CT molecular complexity index is 426. The number of carbonyl (C=O) groups is 1. The van der Waals surface area contributed by atoms with Crippen LogP contribution < -0.4 is 34.7 Å². The van der Waals surface area contributed by atoms with Gasteiger partial charge >= 0.3 is 35.5 Å². The van der Waals surface area contributed by atoms with Gasteiger partial charge in [0.1, 0.15) is 5.70 Å². The molecular formula is C10H6NNaO3. The fourth-order valence-corrected chi connectivity index (χ4v) is 1.10. The molecule has 0 aromatic heterocycles. The minimum atomic E-state index is -0.696. The van der Waals surface area contributed by atoms with Gasteiger partial charge in [0, 0.05) is 5.56 Å². The molecule has 1 aliphatic heterocycles. The molecule has 0 bridgehead atoms. The Labute approximate surface area is 109 Å². The van der Waals surface area contributed by atoms with Crippen LogP contribution in [0.25, 0.3) is 0 Å². The maximum atomic E-state index is 11.0. The quantitative estimate of drug-likeness (QED) is 0.218. The number of nitrogens with zero attached hydrogens (tertiary/aromatic N) is 1. The summed E-state index contributed by atoms with van der Waals surface area (Å²) in [6, 6.07) is 8.93. The zero-order valence-corrected chi connectivity index (χ0v) is 10.1. The Morgan fingerprint density at radius 1 is 1.27 bits per heavy atom. The summed E-state index contributed by atoms with van der Waals surface area (Å²) in [6.45, 7) is 0. The third-order valence-corrected chi connectivity index (χ3v) is 1.75. The normalized spacial score (nSPS) is 16.9. The number of carbonyl (C=O) groups excluding carboxylic acids is 1. The van der Waals surface area contributed by atoms with Gasteiger partial charge in [-0.1, -0.05) is 18.2 Å². The number of aliphatic imine (C=N–C) groups is 1. The van der Waals surface area contributed by atoms with Crippen LogP contribution in [0.4, 0.5) is 0 Å². The second-order valence-electron chi connectivity index (χ2n) is 2.68. The monoisotopic (exact) mass is 211 g/mol. The Morgan fingerprint density at radius 3 is 2.47 bits per heavy atom. The Hall–Kier alpha value is -1.10. The number of hydrogen-bond acceptors (Lipinski definition) is 4. The molecule has 1 aromatic carbocycles. The van der Waals surface area contributed by atoms with Crippen LogP contribution in [0.5, 0.6) is 0 Å². The summed E-state index contributed by atoms with van der Waals surface area (Å²) in [5, 5.41) is 10.3. The van der Waals surface area contributed by atoms with E-state index in [9.17, 15) is 9.90 Å². The third-order valence-electron chi connectivity index (χ3n) is 1.75. The standard InChI is InChI=1S/C10H7NO3.Na/c12-6-8-10(13)14-9(11-8)7-4-2-1-3-5-7;/h1-6,12H;/q;+1/p-1/b8-6-;. The molecule has 1 heterocycles. The van der Waals surface area contributed by atoms with Crippen molar-refractivity contribution < 1.29 is 44.2 Å². The summed E-state index contributed by atoms with van der Waals surface area (Å²) in [6.07, 6.45) is 0.387. The number of benzene rings is 1. The number of ether oxygens (including phenoxy) is 1. The molecule has 0 spiro atoms. The molecule has 0 fully saturated rings. The van der Waals surface area contributed by atoms with Gasteiger partial charge in [-0.15, -0.1) is 6.26 Å². The average molecular weight is 211 g/mol. The number of hydrogen-bond donors (Lipinski definition) is 0. The van der Waals surface area contributed by atoms with Crippen LogP contribution in [0.15, 0.2) is 47.3 Å². The van der Waals surface area contributed by atoms with E-state index < -0.39 is 5.97 Å². The molecular weight excluding hydrogens is 205 g/mol. The number of rotatable bonds is 1. The Morgan fingerprint density at radius 2 is 1.93 bits per heavy atom. The van der Waals surface area contributed by atoms with Crippen molar-refractivity contribution in [3.63, 3.8) is 0 Å². The summed E-state index contributed by atoms with van der Waals surface area (Å²) >= 11 is 0. The first-order valence-electron chi connectivity index (χ1n) is 3.99. The van der Waals surface area contributed by atoms with Gasteiger partial charge in [0.25, 0.3) is 0 Å². The van der Waals surface area contributed by atoms with Gasteiger partial charge < -0.3 is 9.84 Å². The molecule has 0 aliphatic carbocycles. The van der Waals surface area contributed by atoms with Crippen LogP contribution >= 0.6 is 0 Å². The van der Waals surface area contributed by atoms with E-state index in [2.05, 4.69) is 4.99 Å². The van der Waals surface area contributed by atoms with Crippen molar-refractivity contribution in [1.29, 1.82) is 0 Å². The first-order valence-corrected chi connectivity index (χ1v) is 3.99. The fraction of sp³-hybridized carbons (Fsp3) is 0. The molecule has 0 N–H and O–H groups in total. The van der Waals surface area contributed by atoms with E-state index >= 15 is 0 Å². The molecule has 1 aromatic rings. The molecule has 0 radical (unpaired) electrons. The van der Waals surface area contributed by atoms with Crippen molar-refractivity contribution in [1.82, 2.24) is 0 Å². The van der Waals surface area contributed by atoms with Crippen LogP contribution in [0, 0.1) is 0 Å². The van der Waals surface area contributed by atoms with Crippen LogP contribution in [-0.4, -0.2) is 11.9 Å². The molecule has 1 aliphatic rings. The van der Waals surface area contributed by atoms with Crippen LogP contribution in [0.3, 0.4) is 0 Å². The summed E-state index contributed by atoms with van der Waals surface area (Å²) in [5.41, 5.74) is 0.488. The minimum absolute atomic E-state index is 0. The van der Waals surface area contributed by atoms with Crippen molar-refractivity contribution >= 4 is 11.9 Å². The third kappa shape index (κ3) is 2.47. The molecule has 2 rings (SSSR count). The molecule has 5 heteroatoms. The number of cyclic esters (lactones) is 1. The van der Waals surface area contributed by atoms with Gasteiger partial charge in [-0.05, 0) is 12.1 Å². The minimum Gasteiger partial charge on any atom is -0.876 e. The van der Waals surface area contributed by atoms with Gasteiger partial charge in [-0.3, -0.25) is 0 Å². The first-order chi connectivity index (χ1) is 6.81. The van der Waals surface area contributed by atoms with Crippen LogP contribution in [-0.2, 0) is 9.53 Å². The second-order valence-corrected chi connectivity index (χ2v) is 2.68. The maximum Gasteiger partial charge on any atom is 1.00 e. The number of esters is 1. The van der Waals surface area contributed by atoms with Gasteiger partial charge in [-0.25, -0.2) is 9.79 Å². The SMILES string of the molecule is O=C1OC(c2ccccc2)=N/C1=C\[O-].[Na+]. The van der Waals surface area contributed by atoms with Gasteiger partial charge in [-0.2, -0.15) is 0 Å². The summed E-state index contributed by atoms with van der Waals surface area (Å²) < 4.78 is 4.79. The van der Waals surface area contributed by atoms with E-state index in [1.807, 2.05) is 6.07 Å². The Balaban J connectivity index is 0.00000112. The van der Waals surface area contributed by atoms with Crippen molar-refractivity contribution in [3.05, 3.63) is 47.9 Å². The zero-order chi connectivity index (χ0) is 9.97. The topological polar surface area (TPSA) is 61.7 Å². The maximum absolute atomic E-state index is 11.0. The van der Waals surface area contributed by atoms with E-state index in [1.165, 1.54) is 0 Å². The second kappa shape index (κ2) is 5.11. The predicted molar refractivity (Wildman–Crippen MR) is 47.2 cm³/mol. The summed E-state index contributed by atoms with van der Waals surface area (Å²) in [4.78, 5) is 14.7. The van der Waals surface area contributed by atoms with Crippen LogP contribution in [0.2, 0.25) is 0 Å². The molecule has 15 heavy (non-hydrogen) atoms. The zero-order valence-electron chi connectivity index (χ0n) is 8.14. The largest absolute Gasteiger partial charge is 1.00 e. The molecule has 70 valence electrons. The smallest absolute Gasteiger partial charge is 0.876 e.